The average Bonchev–Trinajstić information content (AvgIpc) is 3.16. The predicted molar refractivity (Wildman–Crippen MR) is 109 cm³/mol. The maximum atomic E-state index is 12.3. The lowest BCUT2D eigenvalue weighted by molar-refractivity contribution is 0.0827. The van der Waals surface area contributed by atoms with Crippen molar-refractivity contribution in [2.75, 3.05) is 21.2 Å². The molecule has 1 N–H and O–H groups in total. The summed E-state index contributed by atoms with van der Waals surface area (Å²) in [6.45, 7) is 0. The van der Waals surface area contributed by atoms with Crippen LogP contribution in [0.1, 0.15) is 10.4 Å². The van der Waals surface area contributed by atoms with Gasteiger partial charge in [0.1, 0.15) is 11.3 Å². The maximum Gasteiger partial charge on any atom is 0.253 e. The van der Waals surface area contributed by atoms with Gasteiger partial charge in [-0.2, -0.15) is 0 Å². The Balaban J connectivity index is 1.83. The third-order valence-corrected chi connectivity index (χ3v) is 4.59. The Kier molecular flexibility index (Phi) is 4.53. The Morgan fingerprint density at radius 1 is 1.07 bits per heavy atom. The number of amides is 1. The van der Waals surface area contributed by atoms with E-state index >= 15 is 0 Å². The Morgan fingerprint density at radius 2 is 1.89 bits per heavy atom. The number of hydrogen-bond acceptors (Lipinski definition) is 4. The molecule has 4 rings (SSSR count). The Hall–Kier alpha value is -3.67. The van der Waals surface area contributed by atoms with E-state index in [0.29, 0.717) is 16.9 Å². The van der Waals surface area contributed by atoms with Crippen molar-refractivity contribution in [3.8, 4) is 28.1 Å². The van der Waals surface area contributed by atoms with Crippen LogP contribution in [0.15, 0.2) is 60.9 Å². The van der Waals surface area contributed by atoms with Crippen LogP contribution >= 0.6 is 0 Å². The maximum absolute atomic E-state index is 12.3. The first kappa shape index (κ1) is 17.7. The number of ether oxygens (including phenoxy) is 1. The van der Waals surface area contributed by atoms with E-state index in [2.05, 4.69) is 9.97 Å². The molecule has 2 heterocycles. The summed E-state index contributed by atoms with van der Waals surface area (Å²) in [7, 11) is 5.12. The number of carbonyl (C=O) groups is 1. The van der Waals surface area contributed by atoms with Gasteiger partial charge in [0, 0.05) is 42.5 Å². The van der Waals surface area contributed by atoms with E-state index in [-0.39, 0.29) is 5.91 Å². The second kappa shape index (κ2) is 7.15. The summed E-state index contributed by atoms with van der Waals surface area (Å²) in [4.78, 5) is 26.3. The monoisotopic (exact) mass is 372 g/mol. The predicted octanol–water partition coefficient (Wildman–Crippen LogP) is 4.00. The molecule has 0 fully saturated rings. The zero-order valence-electron chi connectivity index (χ0n) is 15.9. The van der Waals surface area contributed by atoms with Gasteiger partial charge in [0.05, 0.1) is 19.0 Å². The first-order chi connectivity index (χ1) is 13.6. The van der Waals surface area contributed by atoms with Crippen LogP contribution in [-0.2, 0) is 0 Å². The number of aromatic amines is 1. The molecule has 1 amide bonds. The van der Waals surface area contributed by atoms with Crippen LogP contribution in [0.5, 0.6) is 5.75 Å². The molecule has 6 heteroatoms. The standard InChI is InChI=1S/C22H20N4O2/c1-26(2)22(27)15-8-6-7-14(11-15)18-13-24-21-20(25-18)17(12-23-21)16-9-4-5-10-19(16)28-3/h4-13H,1-3H3,(H,23,24). The number of nitrogens with zero attached hydrogens (tertiary/aromatic N) is 3. The van der Waals surface area contributed by atoms with E-state index in [9.17, 15) is 4.79 Å². The molecule has 6 nitrogen and oxygen atoms in total. The lowest BCUT2D eigenvalue weighted by Crippen LogP contribution is -2.21. The number of aromatic nitrogens is 3. The Labute approximate surface area is 162 Å². The van der Waals surface area contributed by atoms with E-state index in [0.717, 1.165) is 28.0 Å². The van der Waals surface area contributed by atoms with Crippen molar-refractivity contribution in [1.29, 1.82) is 0 Å². The first-order valence-corrected chi connectivity index (χ1v) is 8.88. The van der Waals surface area contributed by atoms with Crippen molar-refractivity contribution in [2.24, 2.45) is 0 Å². The summed E-state index contributed by atoms with van der Waals surface area (Å²) in [5.74, 6) is 0.724. The minimum atomic E-state index is -0.0488. The molecular weight excluding hydrogens is 352 g/mol. The highest BCUT2D eigenvalue weighted by molar-refractivity contribution is 5.96. The number of methoxy groups -OCH3 is 1. The van der Waals surface area contributed by atoms with Crippen LogP contribution in [0.4, 0.5) is 0 Å². The molecule has 0 saturated carbocycles. The topological polar surface area (TPSA) is 71.1 Å². The lowest BCUT2D eigenvalue weighted by Gasteiger charge is -2.11. The minimum Gasteiger partial charge on any atom is -0.496 e. The molecule has 0 bridgehead atoms. The van der Waals surface area contributed by atoms with Crippen LogP contribution in [0, 0.1) is 0 Å². The minimum absolute atomic E-state index is 0.0488. The molecule has 0 saturated heterocycles. The lowest BCUT2D eigenvalue weighted by atomic mass is 10.1. The van der Waals surface area contributed by atoms with Crippen molar-refractivity contribution in [3.63, 3.8) is 0 Å². The molecule has 0 aliphatic carbocycles. The van der Waals surface area contributed by atoms with Crippen molar-refractivity contribution in [3.05, 3.63) is 66.5 Å². The van der Waals surface area contributed by atoms with Crippen LogP contribution in [0.25, 0.3) is 33.5 Å². The van der Waals surface area contributed by atoms with Crippen molar-refractivity contribution in [1.82, 2.24) is 19.9 Å². The van der Waals surface area contributed by atoms with Crippen LogP contribution < -0.4 is 4.74 Å². The molecule has 0 unspecified atom stereocenters. The van der Waals surface area contributed by atoms with E-state index in [1.807, 2.05) is 48.7 Å². The summed E-state index contributed by atoms with van der Waals surface area (Å²) in [6, 6.07) is 15.2. The fraction of sp³-hybridized carbons (Fsp3) is 0.136. The number of nitrogens with one attached hydrogen (secondary N) is 1. The van der Waals surface area contributed by atoms with Crippen LogP contribution in [0.2, 0.25) is 0 Å². The quantitative estimate of drug-likeness (QED) is 0.588. The van der Waals surface area contributed by atoms with E-state index in [1.165, 1.54) is 0 Å². The number of benzene rings is 2. The van der Waals surface area contributed by atoms with Gasteiger partial charge < -0.3 is 14.6 Å². The SMILES string of the molecule is COc1ccccc1-c1c[nH]c2ncc(-c3cccc(C(=O)N(C)C)c3)nc12. The molecule has 28 heavy (non-hydrogen) atoms. The highest BCUT2D eigenvalue weighted by Crippen LogP contribution is 2.34. The van der Waals surface area contributed by atoms with Gasteiger partial charge in [-0.3, -0.25) is 4.79 Å². The fourth-order valence-electron chi connectivity index (χ4n) is 3.17. The van der Waals surface area contributed by atoms with Crippen molar-refractivity contribution >= 4 is 17.1 Å². The van der Waals surface area contributed by atoms with Gasteiger partial charge in [-0.05, 0) is 18.2 Å². The van der Waals surface area contributed by atoms with Crippen molar-refractivity contribution in [2.45, 2.75) is 0 Å². The first-order valence-electron chi connectivity index (χ1n) is 8.88. The largest absolute Gasteiger partial charge is 0.496 e. The van der Waals surface area contributed by atoms with Gasteiger partial charge in [-0.15, -0.1) is 0 Å². The molecule has 0 atom stereocenters. The van der Waals surface area contributed by atoms with Crippen LogP contribution in [-0.4, -0.2) is 47.0 Å². The number of rotatable bonds is 4. The highest BCUT2D eigenvalue weighted by Gasteiger charge is 2.15. The zero-order valence-corrected chi connectivity index (χ0v) is 15.9. The summed E-state index contributed by atoms with van der Waals surface area (Å²) in [5.41, 5.74) is 5.48. The summed E-state index contributed by atoms with van der Waals surface area (Å²) < 4.78 is 5.49. The van der Waals surface area contributed by atoms with Gasteiger partial charge in [0.2, 0.25) is 0 Å². The summed E-state index contributed by atoms with van der Waals surface area (Å²) in [5, 5.41) is 0. The number of para-hydroxylation sites is 1. The van der Waals surface area contributed by atoms with Crippen LogP contribution in [0.3, 0.4) is 0 Å². The molecule has 2 aromatic heterocycles. The Bertz CT molecular complexity index is 1160. The molecule has 2 aromatic carbocycles. The molecule has 0 radical (unpaired) electrons. The summed E-state index contributed by atoms with van der Waals surface area (Å²) in [6.07, 6.45) is 3.60. The van der Waals surface area contributed by atoms with Gasteiger partial charge in [-0.25, -0.2) is 9.97 Å². The van der Waals surface area contributed by atoms with E-state index in [4.69, 9.17) is 9.72 Å². The number of fused-ring (bicyclic) bond motifs is 1. The smallest absolute Gasteiger partial charge is 0.253 e. The van der Waals surface area contributed by atoms with Gasteiger partial charge in [0.15, 0.2) is 5.65 Å². The molecule has 0 aliphatic rings. The second-order valence-corrected chi connectivity index (χ2v) is 6.64. The van der Waals surface area contributed by atoms with E-state index in [1.54, 1.807) is 38.4 Å². The van der Waals surface area contributed by atoms with Gasteiger partial charge >= 0.3 is 0 Å². The third-order valence-electron chi connectivity index (χ3n) is 4.59. The molecular formula is C22H20N4O2. The van der Waals surface area contributed by atoms with Gasteiger partial charge in [-0.1, -0.05) is 30.3 Å². The number of H-pyrrole nitrogens is 1. The zero-order chi connectivity index (χ0) is 19.7. The molecule has 0 aliphatic heterocycles. The third kappa shape index (κ3) is 3.09. The molecule has 0 spiro atoms. The fourth-order valence-corrected chi connectivity index (χ4v) is 3.17. The van der Waals surface area contributed by atoms with Crippen molar-refractivity contribution < 1.29 is 9.53 Å². The normalized spacial score (nSPS) is 10.8. The Morgan fingerprint density at radius 3 is 2.68 bits per heavy atom. The summed E-state index contributed by atoms with van der Waals surface area (Å²) >= 11 is 0. The molecule has 140 valence electrons. The number of hydrogen-bond donors (Lipinski definition) is 1. The highest BCUT2D eigenvalue weighted by atomic mass is 16.5. The van der Waals surface area contributed by atoms with E-state index < -0.39 is 0 Å². The second-order valence-electron chi connectivity index (χ2n) is 6.64. The average molecular weight is 372 g/mol. The number of carbonyl (C=O) groups excluding carboxylic acids is 1. The molecule has 4 aromatic rings. The van der Waals surface area contributed by atoms with Gasteiger partial charge in [0.25, 0.3) is 5.91 Å².